The van der Waals surface area contributed by atoms with Crippen molar-refractivity contribution in [3.05, 3.63) is 48.3 Å². The van der Waals surface area contributed by atoms with Gasteiger partial charge in [0.25, 0.3) is 0 Å². The van der Waals surface area contributed by atoms with E-state index in [0.717, 1.165) is 11.3 Å². The van der Waals surface area contributed by atoms with E-state index in [1.165, 1.54) is 6.21 Å². The van der Waals surface area contributed by atoms with Gasteiger partial charge in [0.05, 0.1) is 18.1 Å². The lowest BCUT2D eigenvalue weighted by Crippen LogP contribution is -1.92. The number of hydrogen-bond donors (Lipinski definition) is 1. The van der Waals surface area contributed by atoms with Crippen molar-refractivity contribution in [1.29, 1.82) is 0 Å². The third-order valence-corrected chi connectivity index (χ3v) is 1.83. The summed E-state index contributed by atoms with van der Waals surface area (Å²) in [6.07, 6.45) is 4.76. The van der Waals surface area contributed by atoms with Crippen molar-refractivity contribution in [3.63, 3.8) is 0 Å². The van der Waals surface area contributed by atoms with Crippen molar-refractivity contribution >= 4 is 6.21 Å². The molecule has 2 rings (SSSR count). The number of nitrogens with zero attached hydrogens (tertiary/aromatic N) is 3. The van der Waals surface area contributed by atoms with Crippen molar-refractivity contribution < 1.29 is 5.21 Å². The Labute approximate surface area is 81.1 Å². The SMILES string of the molecule is ON=Cc1cnn(-c2ccccc2)c1. The Kier molecular flexibility index (Phi) is 2.27. The molecule has 1 aromatic carbocycles. The highest BCUT2D eigenvalue weighted by Gasteiger charge is 1.97. The Bertz CT molecular complexity index is 434. The molecule has 4 heteroatoms. The molecule has 0 aliphatic heterocycles. The predicted octanol–water partition coefficient (Wildman–Crippen LogP) is 1.68. The lowest BCUT2D eigenvalue weighted by atomic mass is 10.3. The molecule has 0 unspecified atom stereocenters. The normalized spacial score (nSPS) is 10.9. The van der Waals surface area contributed by atoms with E-state index in [1.807, 2.05) is 30.3 Å². The fourth-order valence-corrected chi connectivity index (χ4v) is 1.19. The first kappa shape index (κ1) is 8.50. The summed E-state index contributed by atoms with van der Waals surface area (Å²) in [6.45, 7) is 0. The molecule has 0 aliphatic carbocycles. The third-order valence-electron chi connectivity index (χ3n) is 1.83. The highest BCUT2D eigenvalue weighted by Crippen LogP contribution is 2.05. The van der Waals surface area contributed by atoms with E-state index in [0.29, 0.717) is 0 Å². The van der Waals surface area contributed by atoms with Gasteiger partial charge in [-0.15, -0.1) is 0 Å². The molecule has 1 heterocycles. The van der Waals surface area contributed by atoms with Crippen molar-refractivity contribution in [1.82, 2.24) is 9.78 Å². The predicted molar refractivity (Wildman–Crippen MR) is 52.9 cm³/mol. The fraction of sp³-hybridized carbons (Fsp3) is 0. The topological polar surface area (TPSA) is 50.4 Å². The molecule has 2 aromatic rings. The summed E-state index contributed by atoms with van der Waals surface area (Å²) in [7, 11) is 0. The average molecular weight is 187 g/mol. The molecular formula is C10H9N3O. The first-order valence-electron chi connectivity index (χ1n) is 4.17. The maximum atomic E-state index is 8.33. The Balaban J connectivity index is 2.34. The monoisotopic (exact) mass is 187 g/mol. The van der Waals surface area contributed by atoms with Crippen LogP contribution in [0.1, 0.15) is 5.56 Å². The largest absolute Gasteiger partial charge is 0.411 e. The molecule has 0 fully saturated rings. The van der Waals surface area contributed by atoms with Gasteiger partial charge < -0.3 is 5.21 Å². The van der Waals surface area contributed by atoms with Gasteiger partial charge >= 0.3 is 0 Å². The molecule has 0 spiro atoms. The van der Waals surface area contributed by atoms with Crippen LogP contribution in [0.15, 0.2) is 47.9 Å². The molecule has 0 bridgehead atoms. The van der Waals surface area contributed by atoms with Gasteiger partial charge in [0, 0.05) is 11.8 Å². The van der Waals surface area contributed by atoms with Gasteiger partial charge in [-0.25, -0.2) is 4.68 Å². The molecule has 0 amide bonds. The van der Waals surface area contributed by atoms with Crippen molar-refractivity contribution in [3.8, 4) is 5.69 Å². The number of hydrogen-bond acceptors (Lipinski definition) is 3. The van der Waals surface area contributed by atoms with E-state index < -0.39 is 0 Å². The van der Waals surface area contributed by atoms with E-state index in [4.69, 9.17) is 5.21 Å². The summed E-state index contributed by atoms with van der Waals surface area (Å²) in [5.41, 5.74) is 1.74. The van der Waals surface area contributed by atoms with Crippen molar-refractivity contribution in [2.45, 2.75) is 0 Å². The first-order chi connectivity index (χ1) is 6.90. The molecule has 0 radical (unpaired) electrons. The molecular weight excluding hydrogens is 178 g/mol. The van der Waals surface area contributed by atoms with Gasteiger partial charge in [0.2, 0.25) is 0 Å². The molecule has 4 nitrogen and oxygen atoms in total. The molecule has 0 saturated carbocycles. The molecule has 14 heavy (non-hydrogen) atoms. The number of oxime groups is 1. The van der Waals surface area contributed by atoms with Gasteiger partial charge in [-0.2, -0.15) is 5.10 Å². The number of rotatable bonds is 2. The van der Waals surface area contributed by atoms with Crippen LogP contribution in [0, 0.1) is 0 Å². The molecule has 1 N–H and O–H groups in total. The highest BCUT2D eigenvalue weighted by atomic mass is 16.4. The van der Waals surface area contributed by atoms with E-state index in [1.54, 1.807) is 17.1 Å². The Morgan fingerprint density at radius 1 is 1.29 bits per heavy atom. The summed E-state index contributed by atoms with van der Waals surface area (Å²) in [4.78, 5) is 0. The zero-order chi connectivity index (χ0) is 9.80. The molecule has 0 aliphatic rings. The molecule has 1 aromatic heterocycles. The summed E-state index contributed by atoms with van der Waals surface area (Å²) in [5, 5.41) is 15.4. The molecule has 0 atom stereocenters. The fourth-order valence-electron chi connectivity index (χ4n) is 1.19. The lowest BCUT2D eigenvalue weighted by molar-refractivity contribution is 0.322. The quantitative estimate of drug-likeness (QED) is 0.441. The first-order valence-corrected chi connectivity index (χ1v) is 4.17. The van der Waals surface area contributed by atoms with Gasteiger partial charge in [-0.3, -0.25) is 0 Å². The second kappa shape index (κ2) is 3.74. The van der Waals surface area contributed by atoms with Crippen LogP contribution in [0.3, 0.4) is 0 Å². The zero-order valence-electron chi connectivity index (χ0n) is 7.41. The van der Waals surface area contributed by atoms with Crippen LogP contribution in [0.2, 0.25) is 0 Å². The number of aromatic nitrogens is 2. The Hall–Kier alpha value is -2.10. The second-order valence-corrected chi connectivity index (χ2v) is 2.80. The van der Waals surface area contributed by atoms with Crippen molar-refractivity contribution in [2.24, 2.45) is 5.16 Å². The standard InChI is InChI=1S/C10H9N3O/c14-12-7-9-6-11-13(8-9)10-4-2-1-3-5-10/h1-8,14H. The van der Waals surface area contributed by atoms with Gasteiger partial charge in [0.15, 0.2) is 0 Å². The third kappa shape index (κ3) is 1.64. The maximum Gasteiger partial charge on any atom is 0.0765 e. The van der Waals surface area contributed by atoms with Gasteiger partial charge in [-0.1, -0.05) is 23.4 Å². The number of benzene rings is 1. The van der Waals surface area contributed by atoms with Crippen LogP contribution in [-0.4, -0.2) is 21.2 Å². The lowest BCUT2D eigenvalue weighted by Gasteiger charge is -1.98. The van der Waals surface area contributed by atoms with E-state index >= 15 is 0 Å². The van der Waals surface area contributed by atoms with Crippen LogP contribution >= 0.6 is 0 Å². The van der Waals surface area contributed by atoms with Crippen LogP contribution in [-0.2, 0) is 0 Å². The van der Waals surface area contributed by atoms with E-state index in [2.05, 4.69) is 10.3 Å². The molecule has 70 valence electrons. The van der Waals surface area contributed by atoms with Gasteiger partial charge in [-0.05, 0) is 12.1 Å². The van der Waals surface area contributed by atoms with Crippen molar-refractivity contribution in [2.75, 3.05) is 0 Å². The van der Waals surface area contributed by atoms with Gasteiger partial charge in [0.1, 0.15) is 0 Å². The minimum absolute atomic E-state index is 0.761. The highest BCUT2D eigenvalue weighted by molar-refractivity contribution is 5.78. The second-order valence-electron chi connectivity index (χ2n) is 2.80. The molecule has 0 saturated heterocycles. The zero-order valence-corrected chi connectivity index (χ0v) is 7.41. The van der Waals surface area contributed by atoms with E-state index in [9.17, 15) is 0 Å². The average Bonchev–Trinajstić information content (AvgIpc) is 2.68. The minimum atomic E-state index is 0.761. The summed E-state index contributed by atoms with van der Waals surface area (Å²) < 4.78 is 1.72. The Morgan fingerprint density at radius 2 is 2.07 bits per heavy atom. The number of para-hydroxylation sites is 1. The summed E-state index contributed by atoms with van der Waals surface area (Å²) >= 11 is 0. The minimum Gasteiger partial charge on any atom is -0.411 e. The summed E-state index contributed by atoms with van der Waals surface area (Å²) in [5.74, 6) is 0. The maximum absolute atomic E-state index is 8.33. The smallest absolute Gasteiger partial charge is 0.0765 e. The Morgan fingerprint density at radius 3 is 2.79 bits per heavy atom. The summed E-state index contributed by atoms with van der Waals surface area (Å²) in [6, 6.07) is 9.73. The van der Waals surface area contributed by atoms with Crippen LogP contribution in [0.25, 0.3) is 5.69 Å². The van der Waals surface area contributed by atoms with Crippen LogP contribution in [0.5, 0.6) is 0 Å². The van der Waals surface area contributed by atoms with Crippen LogP contribution in [0.4, 0.5) is 0 Å². The van der Waals surface area contributed by atoms with E-state index in [-0.39, 0.29) is 0 Å². The van der Waals surface area contributed by atoms with Crippen LogP contribution < -0.4 is 0 Å².